The van der Waals surface area contributed by atoms with Gasteiger partial charge in [-0.25, -0.2) is 0 Å². The predicted octanol–water partition coefficient (Wildman–Crippen LogP) is 3.41. The number of anilines is 1. The lowest BCUT2D eigenvalue weighted by atomic mass is 10.1. The Morgan fingerprint density at radius 1 is 1.53 bits per heavy atom. The summed E-state index contributed by atoms with van der Waals surface area (Å²) in [6.07, 6.45) is 1.05. The first-order chi connectivity index (χ1) is 8.13. The van der Waals surface area contributed by atoms with E-state index in [1.54, 1.807) is 0 Å². The van der Waals surface area contributed by atoms with Crippen LogP contribution in [0.2, 0.25) is 0 Å². The van der Waals surface area contributed by atoms with Crippen molar-refractivity contribution in [2.75, 3.05) is 23.7 Å². The molecule has 1 aromatic rings. The summed E-state index contributed by atoms with van der Waals surface area (Å²) in [5.41, 5.74) is 8.30. The Bertz CT molecular complexity index is 409. The molecule has 0 amide bonds. The zero-order chi connectivity index (χ0) is 12.4. The standard InChI is InChI=1S/C13H19BrN2S/c1-9-6-11(14)13-12(7-9)17-8-10(2)16(13)5-3-4-15/h6-7,10H,3-5,8,15H2,1-2H3. The molecule has 94 valence electrons. The van der Waals surface area contributed by atoms with E-state index < -0.39 is 0 Å². The van der Waals surface area contributed by atoms with Crippen LogP contribution < -0.4 is 10.6 Å². The normalized spacial score (nSPS) is 19.3. The van der Waals surface area contributed by atoms with Gasteiger partial charge in [0.1, 0.15) is 0 Å². The fraction of sp³-hybridized carbons (Fsp3) is 0.538. The average molecular weight is 315 g/mol. The molecule has 4 heteroatoms. The average Bonchev–Trinajstić information content (AvgIpc) is 2.28. The Kier molecular flexibility index (Phi) is 4.39. The van der Waals surface area contributed by atoms with Crippen LogP contribution in [0.3, 0.4) is 0 Å². The molecule has 0 aliphatic carbocycles. The summed E-state index contributed by atoms with van der Waals surface area (Å²) >= 11 is 5.67. The van der Waals surface area contributed by atoms with Gasteiger partial charge in [-0.05, 0) is 60.4 Å². The van der Waals surface area contributed by atoms with Crippen molar-refractivity contribution in [2.45, 2.75) is 31.2 Å². The minimum atomic E-state index is 0.582. The maximum Gasteiger partial charge on any atom is 0.0651 e. The number of benzene rings is 1. The van der Waals surface area contributed by atoms with E-state index in [1.165, 1.54) is 20.6 Å². The highest BCUT2D eigenvalue weighted by Crippen LogP contribution is 2.42. The number of halogens is 1. The first kappa shape index (κ1) is 13.2. The molecule has 2 N–H and O–H groups in total. The molecule has 1 unspecified atom stereocenters. The van der Waals surface area contributed by atoms with E-state index in [0.29, 0.717) is 6.04 Å². The van der Waals surface area contributed by atoms with Crippen LogP contribution in [0, 0.1) is 6.92 Å². The summed E-state index contributed by atoms with van der Waals surface area (Å²) in [4.78, 5) is 3.88. The molecule has 0 bridgehead atoms. The molecule has 1 aliphatic rings. The van der Waals surface area contributed by atoms with E-state index in [-0.39, 0.29) is 0 Å². The van der Waals surface area contributed by atoms with Gasteiger partial charge in [0.05, 0.1) is 5.69 Å². The molecular weight excluding hydrogens is 296 g/mol. The molecule has 1 heterocycles. The molecule has 1 aromatic carbocycles. The quantitative estimate of drug-likeness (QED) is 0.927. The van der Waals surface area contributed by atoms with E-state index in [4.69, 9.17) is 5.73 Å². The lowest BCUT2D eigenvalue weighted by Gasteiger charge is -2.37. The maximum atomic E-state index is 5.63. The number of thioether (sulfide) groups is 1. The minimum absolute atomic E-state index is 0.582. The minimum Gasteiger partial charge on any atom is -0.366 e. The number of nitrogens with two attached hydrogens (primary N) is 1. The zero-order valence-corrected chi connectivity index (χ0v) is 12.8. The topological polar surface area (TPSA) is 29.3 Å². The summed E-state index contributed by atoms with van der Waals surface area (Å²) in [6, 6.07) is 5.07. The second kappa shape index (κ2) is 5.63. The number of aryl methyl sites for hydroxylation is 1. The third-order valence-corrected chi connectivity index (χ3v) is 4.95. The Morgan fingerprint density at radius 3 is 3.00 bits per heavy atom. The second-order valence-electron chi connectivity index (χ2n) is 4.59. The van der Waals surface area contributed by atoms with Crippen molar-refractivity contribution >= 4 is 33.4 Å². The van der Waals surface area contributed by atoms with Crippen molar-refractivity contribution < 1.29 is 0 Å². The van der Waals surface area contributed by atoms with Crippen LogP contribution in [0.4, 0.5) is 5.69 Å². The molecule has 2 rings (SSSR count). The summed E-state index contributed by atoms with van der Waals surface area (Å²) in [5.74, 6) is 1.16. The third-order valence-electron chi connectivity index (χ3n) is 3.08. The van der Waals surface area contributed by atoms with Gasteiger partial charge in [0.25, 0.3) is 0 Å². The van der Waals surface area contributed by atoms with Crippen LogP contribution in [-0.2, 0) is 0 Å². The second-order valence-corrected chi connectivity index (χ2v) is 6.51. The molecule has 17 heavy (non-hydrogen) atoms. The van der Waals surface area contributed by atoms with Crippen LogP contribution in [0.1, 0.15) is 18.9 Å². The molecule has 0 saturated heterocycles. The highest BCUT2D eigenvalue weighted by atomic mass is 79.9. The van der Waals surface area contributed by atoms with Gasteiger partial charge in [0.2, 0.25) is 0 Å². The SMILES string of the molecule is Cc1cc(Br)c2c(c1)SCC(C)N2CCCN. The van der Waals surface area contributed by atoms with Crippen molar-refractivity contribution in [1.29, 1.82) is 0 Å². The molecule has 0 spiro atoms. The predicted molar refractivity (Wildman–Crippen MR) is 80.1 cm³/mol. The first-order valence-electron chi connectivity index (χ1n) is 6.03. The van der Waals surface area contributed by atoms with Gasteiger partial charge in [0.15, 0.2) is 0 Å². The third kappa shape index (κ3) is 2.80. The van der Waals surface area contributed by atoms with Crippen LogP contribution in [-0.4, -0.2) is 24.9 Å². The summed E-state index contributed by atoms with van der Waals surface area (Å²) in [7, 11) is 0. The molecule has 0 saturated carbocycles. The molecule has 1 atom stereocenters. The summed E-state index contributed by atoms with van der Waals surface area (Å²) in [6.45, 7) is 6.24. The number of hydrogen-bond acceptors (Lipinski definition) is 3. The van der Waals surface area contributed by atoms with Crippen molar-refractivity contribution in [3.8, 4) is 0 Å². The lowest BCUT2D eigenvalue weighted by Crippen LogP contribution is -2.39. The van der Waals surface area contributed by atoms with E-state index in [2.05, 4.69) is 46.8 Å². The Morgan fingerprint density at radius 2 is 2.29 bits per heavy atom. The molecule has 0 aromatic heterocycles. The van der Waals surface area contributed by atoms with Crippen molar-refractivity contribution in [2.24, 2.45) is 5.73 Å². The van der Waals surface area contributed by atoms with Crippen molar-refractivity contribution in [3.05, 3.63) is 22.2 Å². The van der Waals surface area contributed by atoms with Crippen molar-refractivity contribution in [3.63, 3.8) is 0 Å². The zero-order valence-electron chi connectivity index (χ0n) is 10.4. The van der Waals surface area contributed by atoms with Crippen molar-refractivity contribution in [1.82, 2.24) is 0 Å². The van der Waals surface area contributed by atoms with E-state index in [9.17, 15) is 0 Å². The molecule has 0 fully saturated rings. The highest BCUT2D eigenvalue weighted by Gasteiger charge is 2.25. The molecule has 1 aliphatic heterocycles. The Balaban J connectivity index is 2.36. The van der Waals surface area contributed by atoms with E-state index in [1.807, 2.05) is 11.8 Å². The van der Waals surface area contributed by atoms with Gasteiger partial charge in [0, 0.05) is 27.7 Å². The summed E-state index contributed by atoms with van der Waals surface area (Å²) in [5, 5.41) is 0. The van der Waals surface area contributed by atoms with E-state index in [0.717, 1.165) is 25.3 Å². The molecular formula is C13H19BrN2S. The number of rotatable bonds is 3. The number of hydrogen-bond donors (Lipinski definition) is 1. The molecule has 2 nitrogen and oxygen atoms in total. The molecule has 0 radical (unpaired) electrons. The highest BCUT2D eigenvalue weighted by molar-refractivity contribution is 9.10. The van der Waals surface area contributed by atoms with Gasteiger partial charge >= 0.3 is 0 Å². The van der Waals surface area contributed by atoms with Gasteiger partial charge < -0.3 is 10.6 Å². The first-order valence-corrected chi connectivity index (χ1v) is 7.81. The van der Waals surface area contributed by atoms with E-state index >= 15 is 0 Å². The largest absolute Gasteiger partial charge is 0.366 e. The van der Waals surface area contributed by atoms with Gasteiger partial charge in [-0.3, -0.25) is 0 Å². The van der Waals surface area contributed by atoms with Gasteiger partial charge in [-0.15, -0.1) is 11.8 Å². The van der Waals surface area contributed by atoms with Crippen LogP contribution in [0.5, 0.6) is 0 Å². The number of nitrogens with zero attached hydrogens (tertiary/aromatic N) is 1. The summed E-state index contributed by atoms with van der Waals surface area (Å²) < 4.78 is 1.21. The van der Waals surface area contributed by atoms with Crippen LogP contribution >= 0.6 is 27.7 Å². The fourth-order valence-electron chi connectivity index (χ4n) is 2.21. The monoisotopic (exact) mass is 314 g/mol. The van der Waals surface area contributed by atoms with Crippen LogP contribution in [0.25, 0.3) is 0 Å². The Labute approximate surface area is 116 Å². The maximum absolute atomic E-state index is 5.63. The van der Waals surface area contributed by atoms with Gasteiger partial charge in [-0.1, -0.05) is 0 Å². The number of fused-ring (bicyclic) bond motifs is 1. The Hall–Kier alpha value is -0.190. The smallest absolute Gasteiger partial charge is 0.0651 e. The van der Waals surface area contributed by atoms with Crippen LogP contribution in [0.15, 0.2) is 21.5 Å². The lowest BCUT2D eigenvalue weighted by molar-refractivity contribution is 0.650. The van der Waals surface area contributed by atoms with Gasteiger partial charge in [-0.2, -0.15) is 0 Å². The fourth-order valence-corrected chi connectivity index (χ4v) is 4.37.